The summed E-state index contributed by atoms with van der Waals surface area (Å²) in [5.41, 5.74) is 8.82. The average molecular weight is 521 g/mol. The number of nitrogens with one attached hydrogen (secondary N) is 2. The zero-order valence-electron chi connectivity index (χ0n) is 20.7. The lowest BCUT2D eigenvalue weighted by Gasteiger charge is -2.18. The molecular weight excluding hydrogens is 496 g/mol. The molecule has 0 saturated carbocycles. The number of benzene rings is 3. The Kier molecular flexibility index (Phi) is 7.65. The van der Waals surface area contributed by atoms with Crippen molar-refractivity contribution in [1.82, 2.24) is 15.6 Å². The zero-order chi connectivity index (χ0) is 26.3. The number of carbonyl (C=O) groups is 1. The van der Waals surface area contributed by atoms with Gasteiger partial charge in [-0.05, 0) is 72.2 Å². The number of rotatable bonds is 6. The van der Waals surface area contributed by atoms with E-state index in [1.54, 1.807) is 37.7 Å². The van der Waals surface area contributed by atoms with Gasteiger partial charge in [-0.3, -0.25) is 9.78 Å². The fourth-order valence-electron chi connectivity index (χ4n) is 4.08. The van der Waals surface area contributed by atoms with Crippen LogP contribution in [-0.4, -0.2) is 23.8 Å². The molecular formula is C31H25ClN4O2. The number of hydrogen-bond acceptors (Lipinski definition) is 4. The fourth-order valence-corrected chi connectivity index (χ4v) is 4.21. The van der Waals surface area contributed by atoms with Gasteiger partial charge in [0.1, 0.15) is 11.6 Å². The molecule has 3 aromatic carbocycles. The van der Waals surface area contributed by atoms with Crippen molar-refractivity contribution in [3.63, 3.8) is 0 Å². The molecule has 2 N–H and O–H groups in total. The van der Waals surface area contributed by atoms with Crippen LogP contribution in [0.5, 0.6) is 5.75 Å². The number of fused-ring (bicyclic) bond motifs is 1. The number of aromatic nitrogens is 1. The summed E-state index contributed by atoms with van der Waals surface area (Å²) in [7, 11) is 1.64. The molecule has 0 saturated heterocycles. The molecule has 1 aromatic heterocycles. The number of amides is 1. The van der Waals surface area contributed by atoms with Gasteiger partial charge in [-0.25, -0.2) is 4.99 Å². The molecule has 0 aliphatic carbocycles. The smallest absolute Gasteiger partial charge is 0.253 e. The molecule has 7 heteroatoms. The molecule has 0 atom stereocenters. The van der Waals surface area contributed by atoms with E-state index in [0.717, 1.165) is 28.0 Å². The van der Waals surface area contributed by atoms with Crippen LogP contribution in [0.4, 0.5) is 5.69 Å². The third kappa shape index (κ3) is 5.84. The van der Waals surface area contributed by atoms with Crippen molar-refractivity contribution >= 4 is 34.7 Å². The van der Waals surface area contributed by atoms with Crippen molar-refractivity contribution in [2.45, 2.75) is 13.0 Å². The van der Waals surface area contributed by atoms with E-state index in [2.05, 4.69) is 21.3 Å². The Morgan fingerprint density at radius 3 is 2.74 bits per heavy atom. The number of aliphatic imine (C=N–C) groups is 1. The zero-order valence-corrected chi connectivity index (χ0v) is 21.5. The number of pyridine rings is 1. The van der Waals surface area contributed by atoms with Crippen LogP contribution in [0.3, 0.4) is 0 Å². The van der Waals surface area contributed by atoms with E-state index >= 15 is 0 Å². The van der Waals surface area contributed by atoms with Crippen molar-refractivity contribution < 1.29 is 9.53 Å². The second kappa shape index (κ2) is 11.6. The third-order valence-electron chi connectivity index (χ3n) is 6.08. The number of nitrogens with zero attached hydrogens (tertiary/aromatic N) is 2. The molecule has 0 bridgehead atoms. The lowest BCUT2D eigenvalue weighted by atomic mass is 10.0. The first kappa shape index (κ1) is 25.0. The van der Waals surface area contributed by atoms with Gasteiger partial charge in [0.2, 0.25) is 0 Å². The van der Waals surface area contributed by atoms with E-state index in [9.17, 15) is 4.79 Å². The van der Waals surface area contributed by atoms with Crippen LogP contribution in [0.1, 0.15) is 32.6 Å². The van der Waals surface area contributed by atoms with Crippen LogP contribution >= 0.6 is 11.6 Å². The standard InChI is InChI=1S/C31H25ClN4O2/c1-38-25-16-13-22-6-4-10-28(23-7-5-17-33-20-23)35-30(27(22)18-25)36-29-9-3-2-8-26(29)31(37)34-19-21-11-14-24(32)15-12-21/h2-5,7-9,11-18,20H,6,19H2,1H3,(H,34,37)(H,35,36). The van der Waals surface area contributed by atoms with E-state index in [1.807, 2.05) is 66.7 Å². The summed E-state index contributed by atoms with van der Waals surface area (Å²) in [4.78, 5) is 22.4. The number of para-hydroxylation sites is 1. The van der Waals surface area contributed by atoms with Gasteiger partial charge in [0.25, 0.3) is 5.91 Å². The van der Waals surface area contributed by atoms with E-state index in [0.29, 0.717) is 40.8 Å². The Hall–Kier alpha value is -4.64. The normalized spacial score (nSPS) is 13.5. The maximum Gasteiger partial charge on any atom is 0.253 e. The minimum absolute atomic E-state index is 0.223. The molecule has 0 radical (unpaired) electrons. The van der Waals surface area contributed by atoms with Crippen molar-refractivity contribution in [2.75, 3.05) is 7.11 Å². The van der Waals surface area contributed by atoms with Gasteiger partial charge in [0.05, 0.1) is 24.1 Å². The van der Waals surface area contributed by atoms with Gasteiger partial charge in [0.15, 0.2) is 0 Å². The van der Waals surface area contributed by atoms with Gasteiger partial charge in [-0.2, -0.15) is 0 Å². The maximum absolute atomic E-state index is 13.2. The van der Waals surface area contributed by atoms with E-state index in [1.165, 1.54) is 0 Å². The number of halogens is 1. The van der Waals surface area contributed by atoms with Gasteiger partial charge in [0, 0.05) is 35.1 Å². The largest absolute Gasteiger partial charge is 0.497 e. The van der Waals surface area contributed by atoms with E-state index in [4.69, 9.17) is 21.3 Å². The van der Waals surface area contributed by atoms with Crippen LogP contribution in [0.2, 0.25) is 5.02 Å². The summed E-state index contributed by atoms with van der Waals surface area (Å²) in [5.74, 6) is 1.07. The van der Waals surface area contributed by atoms with Crippen LogP contribution < -0.4 is 15.4 Å². The molecule has 0 fully saturated rings. The Morgan fingerprint density at radius 1 is 1.11 bits per heavy atom. The molecule has 6 nitrogen and oxygen atoms in total. The van der Waals surface area contributed by atoms with E-state index in [-0.39, 0.29) is 5.91 Å². The van der Waals surface area contributed by atoms with Crippen LogP contribution in [0.25, 0.3) is 5.70 Å². The average Bonchev–Trinajstić information content (AvgIpc) is 2.95. The Bertz CT molecular complexity index is 1560. The van der Waals surface area contributed by atoms with E-state index < -0.39 is 0 Å². The van der Waals surface area contributed by atoms with Crippen molar-refractivity contribution in [3.05, 3.63) is 136 Å². The monoisotopic (exact) mass is 520 g/mol. The molecule has 1 amide bonds. The Labute approximate surface area is 226 Å². The minimum Gasteiger partial charge on any atom is -0.497 e. The molecule has 4 aromatic rings. The molecule has 188 valence electrons. The lowest BCUT2D eigenvalue weighted by Crippen LogP contribution is -2.26. The van der Waals surface area contributed by atoms with Gasteiger partial charge in [-0.1, -0.05) is 47.7 Å². The first-order chi connectivity index (χ1) is 18.6. The molecule has 0 unspecified atom stereocenters. The van der Waals surface area contributed by atoms with Crippen LogP contribution in [0.15, 0.2) is 108 Å². The summed E-state index contributed by atoms with van der Waals surface area (Å²) in [5, 5.41) is 7.08. The summed E-state index contributed by atoms with van der Waals surface area (Å²) < 4.78 is 5.51. The molecule has 2 heterocycles. The second-order valence-corrected chi connectivity index (χ2v) is 9.04. The molecule has 5 rings (SSSR count). The predicted molar refractivity (Wildman–Crippen MR) is 151 cm³/mol. The highest BCUT2D eigenvalue weighted by molar-refractivity contribution is 6.30. The minimum atomic E-state index is -0.223. The lowest BCUT2D eigenvalue weighted by molar-refractivity contribution is 0.0951. The van der Waals surface area contributed by atoms with Gasteiger partial charge < -0.3 is 15.4 Å². The second-order valence-electron chi connectivity index (χ2n) is 8.60. The Balaban J connectivity index is 1.53. The van der Waals surface area contributed by atoms with Gasteiger partial charge in [-0.15, -0.1) is 0 Å². The first-order valence-corrected chi connectivity index (χ1v) is 12.5. The molecule has 0 spiro atoms. The summed E-state index contributed by atoms with van der Waals surface area (Å²) >= 11 is 5.98. The maximum atomic E-state index is 13.2. The van der Waals surface area contributed by atoms with Crippen molar-refractivity contribution in [1.29, 1.82) is 0 Å². The van der Waals surface area contributed by atoms with Crippen LogP contribution in [0, 0.1) is 0 Å². The quantitative estimate of drug-likeness (QED) is 0.301. The number of amidine groups is 1. The number of allylic oxidation sites excluding steroid dienone is 1. The molecule has 38 heavy (non-hydrogen) atoms. The Morgan fingerprint density at radius 2 is 1.95 bits per heavy atom. The number of methoxy groups -OCH3 is 1. The fraction of sp³-hybridized carbons (Fsp3) is 0.0968. The van der Waals surface area contributed by atoms with Crippen molar-refractivity contribution in [2.24, 2.45) is 4.99 Å². The number of hydrogen-bond donors (Lipinski definition) is 2. The predicted octanol–water partition coefficient (Wildman–Crippen LogP) is 6.09. The highest BCUT2D eigenvalue weighted by atomic mass is 35.5. The number of ether oxygens (including phenoxy) is 1. The SMILES string of the molecule is COc1ccc2c(c1)C(=Nc1ccccc1C(=O)NCc1ccc(Cl)cc1)NC(c1cccnc1)=C=CC2. The highest BCUT2D eigenvalue weighted by Crippen LogP contribution is 2.26. The first-order valence-electron chi connectivity index (χ1n) is 12.1. The summed E-state index contributed by atoms with van der Waals surface area (Å²) in [6.45, 7) is 0.373. The van der Waals surface area contributed by atoms with Gasteiger partial charge >= 0.3 is 0 Å². The molecule has 1 aliphatic heterocycles. The summed E-state index contributed by atoms with van der Waals surface area (Å²) in [6.07, 6.45) is 6.14. The van der Waals surface area contributed by atoms with Crippen molar-refractivity contribution in [3.8, 4) is 5.75 Å². The topological polar surface area (TPSA) is 75.6 Å². The number of carbonyl (C=O) groups excluding carboxylic acids is 1. The summed E-state index contributed by atoms with van der Waals surface area (Å²) in [6, 6.07) is 24.4. The van der Waals surface area contributed by atoms with Crippen LogP contribution in [-0.2, 0) is 13.0 Å². The third-order valence-corrected chi connectivity index (χ3v) is 6.33. The highest BCUT2D eigenvalue weighted by Gasteiger charge is 2.17. The molecule has 1 aliphatic rings.